The van der Waals surface area contributed by atoms with E-state index in [-0.39, 0.29) is 27.3 Å². The van der Waals surface area contributed by atoms with Crippen LogP contribution in [0.2, 0.25) is 0 Å². The summed E-state index contributed by atoms with van der Waals surface area (Å²) in [6.45, 7) is 11.2. The van der Waals surface area contributed by atoms with Gasteiger partial charge in [-0.25, -0.2) is 9.59 Å². The third-order valence-corrected chi connectivity index (χ3v) is 3.78. The molecule has 0 aliphatic heterocycles. The Morgan fingerprint density at radius 2 is 0.800 bits per heavy atom. The molecule has 2 rings (SSSR count). The van der Waals surface area contributed by atoms with Gasteiger partial charge in [0, 0.05) is 27.3 Å². The summed E-state index contributed by atoms with van der Waals surface area (Å²) in [5.74, 6) is -1.69. The van der Waals surface area contributed by atoms with E-state index in [1.807, 2.05) is 65.8 Å². The van der Waals surface area contributed by atoms with Crippen LogP contribution in [0, 0.1) is 41.5 Å². The first-order valence-corrected chi connectivity index (χ1v) is 7.66. The summed E-state index contributed by atoms with van der Waals surface area (Å²) in [6.07, 6.45) is 0. The summed E-state index contributed by atoms with van der Waals surface area (Å²) in [7, 11) is 0. The molecule has 0 heterocycles. The summed E-state index contributed by atoms with van der Waals surface area (Å²) >= 11 is 0. The van der Waals surface area contributed by atoms with Crippen LogP contribution in [0.3, 0.4) is 0 Å². The predicted molar refractivity (Wildman–Crippen MR) is 95.2 cm³/mol. The van der Waals surface area contributed by atoms with Gasteiger partial charge < -0.3 is 10.2 Å². The minimum atomic E-state index is -0.843. The van der Waals surface area contributed by atoms with E-state index in [1.165, 1.54) is 0 Å². The van der Waals surface area contributed by atoms with E-state index in [9.17, 15) is 9.59 Å². The van der Waals surface area contributed by atoms with Crippen molar-refractivity contribution in [2.24, 2.45) is 0 Å². The topological polar surface area (TPSA) is 74.6 Å². The van der Waals surface area contributed by atoms with E-state index in [1.54, 1.807) is 0 Å². The first-order chi connectivity index (χ1) is 11.0. The van der Waals surface area contributed by atoms with Gasteiger partial charge in [0.1, 0.15) is 0 Å². The third kappa shape index (κ3) is 6.27. The first-order valence-electron chi connectivity index (χ1n) is 7.66. The molecule has 0 atom stereocenters. The van der Waals surface area contributed by atoms with Crippen LogP contribution in [0.5, 0.6) is 0 Å². The van der Waals surface area contributed by atoms with Crippen molar-refractivity contribution in [3.63, 3.8) is 0 Å². The van der Waals surface area contributed by atoms with Crippen molar-refractivity contribution in [2.45, 2.75) is 41.5 Å². The van der Waals surface area contributed by atoms with E-state index in [4.69, 9.17) is 10.2 Å². The zero-order chi connectivity index (χ0) is 18.6. The monoisotopic (exact) mass is 442 g/mol. The maximum atomic E-state index is 10.8. The Hall–Kier alpha value is -1.70. The molecule has 25 heavy (non-hydrogen) atoms. The minimum absolute atomic E-state index is 0. The number of aromatic carboxylic acids is 2. The molecule has 130 valence electrons. The number of hydrogen-bond acceptors (Lipinski definition) is 2. The van der Waals surface area contributed by atoms with Gasteiger partial charge in [0.05, 0.1) is 11.1 Å². The Morgan fingerprint density at radius 3 is 0.960 bits per heavy atom. The van der Waals surface area contributed by atoms with E-state index < -0.39 is 11.9 Å². The molecule has 5 heteroatoms. The van der Waals surface area contributed by atoms with Crippen molar-refractivity contribution < 1.29 is 47.1 Å². The Bertz CT molecular complexity index is 681. The van der Waals surface area contributed by atoms with Crippen LogP contribution < -0.4 is 0 Å². The van der Waals surface area contributed by atoms with Crippen molar-refractivity contribution in [3.05, 3.63) is 68.8 Å². The zero-order valence-electron chi connectivity index (χ0n) is 15.7. The molecule has 2 aromatic rings. The molecule has 0 spiro atoms. The number of benzene rings is 2. The van der Waals surface area contributed by atoms with Gasteiger partial charge in [0.15, 0.2) is 0 Å². The second-order valence-corrected chi connectivity index (χ2v) is 6.16. The summed E-state index contributed by atoms with van der Waals surface area (Å²) < 4.78 is 0. The summed E-state index contributed by atoms with van der Waals surface area (Å²) in [4.78, 5) is 21.5. The molecule has 0 amide bonds. The zero-order valence-corrected chi connectivity index (χ0v) is 19.8. The molecular weight excluding hydrogens is 417 g/mol. The van der Waals surface area contributed by atoms with Gasteiger partial charge in [-0.05, 0) is 63.8 Å². The van der Waals surface area contributed by atoms with Gasteiger partial charge >= 0.3 is 11.9 Å². The fraction of sp³-hybridized carbons (Fsp3) is 0.300. The maximum Gasteiger partial charge on any atom is 0.336 e. The van der Waals surface area contributed by atoms with Crippen molar-refractivity contribution in [1.82, 2.24) is 0 Å². The SMILES string of the molecule is Cc1cc(C)c(C(=O)O)c(C)c1.Cc1cc(C)c(C(=O)O)c(C)c1.[Cd]. The van der Waals surface area contributed by atoms with Crippen LogP contribution in [0.25, 0.3) is 0 Å². The number of carboxylic acids is 2. The average molecular weight is 441 g/mol. The summed E-state index contributed by atoms with van der Waals surface area (Å²) in [6, 6.07) is 7.54. The molecular formula is C20H24CdO4. The van der Waals surface area contributed by atoms with E-state index >= 15 is 0 Å². The van der Waals surface area contributed by atoms with Crippen molar-refractivity contribution in [2.75, 3.05) is 0 Å². The normalized spacial score (nSPS) is 9.52. The molecule has 0 saturated carbocycles. The number of aryl methyl sites for hydroxylation is 6. The van der Waals surface area contributed by atoms with E-state index in [2.05, 4.69) is 0 Å². The van der Waals surface area contributed by atoms with Crippen molar-refractivity contribution in [3.8, 4) is 0 Å². The molecule has 4 nitrogen and oxygen atoms in total. The van der Waals surface area contributed by atoms with Gasteiger partial charge in [-0.2, -0.15) is 0 Å². The van der Waals surface area contributed by atoms with Gasteiger partial charge in [0.25, 0.3) is 0 Å². The van der Waals surface area contributed by atoms with Gasteiger partial charge in [-0.1, -0.05) is 35.4 Å². The predicted octanol–water partition coefficient (Wildman–Crippen LogP) is 4.62. The largest absolute Gasteiger partial charge is 0.478 e. The van der Waals surface area contributed by atoms with Crippen LogP contribution in [0.1, 0.15) is 54.1 Å². The van der Waals surface area contributed by atoms with Gasteiger partial charge in [-0.15, -0.1) is 0 Å². The molecule has 0 fully saturated rings. The number of hydrogen-bond donors (Lipinski definition) is 2. The fourth-order valence-electron chi connectivity index (χ4n) is 3.03. The van der Waals surface area contributed by atoms with Crippen LogP contribution in [-0.4, -0.2) is 22.2 Å². The molecule has 2 N–H and O–H groups in total. The fourth-order valence-corrected chi connectivity index (χ4v) is 3.03. The molecule has 0 bridgehead atoms. The molecule has 0 aliphatic carbocycles. The van der Waals surface area contributed by atoms with Crippen LogP contribution >= 0.6 is 0 Å². The molecule has 0 unspecified atom stereocenters. The van der Waals surface area contributed by atoms with Gasteiger partial charge in [-0.3, -0.25) is 0 Å². The first kappa shape index (κ1) is 23.3. The standard InChI is InChI=1S/2C10H12O2.Cd/c2*1-6-4-7(2)9(10(11)12)8(3)5-6;/h2*4-5H,1-3H3,(H,11,12);. The number of carboxylic acid groups (broad SMARTS) is 2. The Kier molecular flexibility index (Phi) is 9.04. The van der Waals surface area contributed by atoms with E-state index in [0.717, 1.165) is 33.4 Å². The van der Waals surface area contributed by atoms with Crippen LogP contribution in [-0.2, 0) is 27.3 Å². The second kappa shape index (κ2) is 9.70. The molecule has 0 saturated heterocycles. The van der Waals surface area contributed by atoms with Crippen LogP contribution in [0.4, 0.5) is 0 Å². The average Bonchev–Trinajstić information content (AvgIpc) is 2.35. The summed E-state index contributed by atoms with van der Waals surface area (Å²) in [5.41, 5.74) is 6.41. The van der Waals surface area contributed by atoms with Crippen molar-refractivity contribution in [1.29, 1.82) is 0 Å². The molecule has 0 aliphatic rings. The Labute approximate surface area is 169 Å². The minimum Gasteiger partial charge on any atom is -0.478 e. The van der Waals surface area contributed by atoms with Crippen LogP contribution in [0.15, 0.2) is 24.3 Å². The summed E-state index contributed by atoms with van der Waals surface area (Å²) in [5, 5.41) is 17.7. The number of carbonyl (C=O) groups is 2. The van der Waals surface area contributed by atoms with Crippen molar-refractivity contribution >= 4 is 11.9 Å². The third-order valence-electron chi connectivity index (χ3n) is 3.78. The molecule has 2 aromatic carbocycles. The number of rotatable bonds is 2. The van der Waals surface area contributed by atoms with Gasteiger partial charge in [0.2, 0.25) is 0 Å². The molecule has 0 aromatic heterocycles. The quantitative estimate of drug-likeness (QED) is 0.668. The molecule has 0 radical (unpaired) electrons. The van der Waals surface area contributed by atoms with E-state index in [0.29, 0.717) is 11.1 Å². The Morgan fingerprint density at radius 1 is 0.600 bits per heavy atom. The Balaban J connectivity index is 0.000000443. The smallest absolute Gasteiger partial charge is 0.336 e. The maximum absolute atomic E-state index is 10.8. The second-order valence-electron chi connectivity index (χ2n) is 6.16.